The van der Waals surface area contributed by atoms with Crippen molar-refractivity contribution in [3.8, 4) is 5.69 Å². The van der Waals surface area contributed by atoms with Crippen molar-refractivity contribution in [2.75, 3.05) is 5.32 Å². The Morgan fingerprint density at radius 3 is 2.41 bits per heavy atom. The van der Waals surface area contributed by atoms with Crippen molar-refractivity contribution in [3.05, 3.63) is 40.7 Å². The zero-order valence-electron chi connectivity index (χ0n) is 19.1. The third-order valence-corrected chi connectivity index (χ3v) is 7.84. The van der Waals surface area contributed by atoms with E-state index in [1.807, 2.05) is 23.7 Å². The Morgan fingerprint density at radius 1 is 1.12 bits per heavy atom. The third kappa shape index (κ3) is 3.43. The minimum Gasteiger partial charge on any atom is -0.390 e. The number of aryl methyl sites for hydroxylation is 1. The first-order valence-corrected chi connectivity index (χ1v) is 11.6. The van der Waals surface area contributed by atoms with Crippen LogP contribution in [0.5, 0.6) is 0 Å². The molecule has 32 heavy (non-hydrogen) atoms. The summed E-state index contributed by atoms with van der Waals surface area (Å²) in [4.78, 5) is 25.0. The number of anilines is 1. The molecule has 2 bridgehead atoms. The number of Topliss-reactive ketones (excluding diaryl/α,β-unsaturated/α-hetero) is 1. The number of rotatable bonds is 4. The molecule has 170 valence electrons. The molecule has 0 aliphatic heterocycles. The van der Waals surface area contributed by atoms with Crippen molar-refractivity contribution < 1.29 is 14.7 Å². The molecule has 1 amide bonds. The van der Waals surface area contributed by atoms with Crippen LogP contribution in [0.2, 0.25) is 0 Å². The second-order valence-electron chi connectivity index (χ2n) is 11.0. The summed E-state index contributed by atoms with van der Waals surface area (Å²) in [5, 5.41) is 18.9. The van der Waals surface area contributed by atoms with E-state index in [0.29, 0.717) is 17.7 Å². The van der Waals surface area contributed by atoms with Crippen molar-refractivity contribution in [1.29, 1.82) is 0 Å². The Bertz CT molecular complexity index is 1110. The molecule has 1 aromatic carbocycles. The van der Waals surface area contributed by atoms with Crippen molar-refractivity contribution in [3.63, 3.8) is 0 Å². The fraction of sp³-hybridized carbons (Fsp3) is 0.560. The summed E-state index contributed by atoms with van der Waals surface area (Å²) in [5.41, 5.74) is 9.29. The van der Waals surface area contributed by atoms with Gasteiger partial charge in [-0.15, -0.1) is 0 Å². The lowest BCUT2D eigenvalue weighted by Crippen LogP contribution is -2.54. The van der Waals surface area contributed by atoms with Gasteiger partial charge in [0.05, 0.1) is 33.8 Å². The number of nitrogens with two attached hydrogens (primary N) is 1. The van der Waals surface area contributed by atoms with E-state index in [1.54, 1.807) is 6.07 Å². The molecule has 3 fully saturated rings. The first-order chi connectivity index (χ1) is 15.0. The minimum absolute atomic E-state index is 0.123. The summed E-state index contributed by atoms with van der Waals surface area (Å²) in [6.07, 6.45) is 6.20. The van der Waals surface area contributed by atoms with Crippen LogP contribution in [0.4, 0.5) is 5.69 Å². The van der Waals surface area contributed by atoms with Crippen molar-refractivity contribution >= 4 is 17.4 Å². The van der Waals surface area contributed by atoms with Gasteiger partial charge in [-0.05, 0) is 75.5 Å². The number of hydrogen-bond acceptors (Lipinski definition) is 5. The van der Waals surface area contributed by atoms with Gasteiger partial charge in [0.1, 0.15) is 0 Å². The van der Waals surface area contributed by atoms with Crippen molar-refractivity contribution in [2.45, 2.75) is 83.3 Å². The van der Waals surface area contributed by atoms with Crippen LogP contribution in [0.3, 0.4) is 0 Å². The molecule has 0 atom stereocenters. The van der Waals surface area contributed by atoms with E-state index < -0.39 is 11.5 Å². The first kappa shape index (κ1) is 21.2. The van der Waals surface area contributed by atoms with Crippen molar-refractivity contribution in [2.24, 2.45) is 11.1 Å². The van der Waals surface area contributed by atoms with Gasteiger partial charge < -0.3 is 16.2 Å². The third-order valence-electron chi connectivity index (χ3n) is 7.84. The second kappa shape index (κ2) is 6.91. The maximum Gasteiger partial charge on any atom is 0.250 e. The number of carbonyl (C=O) groups is 2. The predicted octanol–water partition coefficient (Wildman–Crippen LogP) is 3.68. The molecule has 7 nitrogen and oxygen atoms in total. The van der Waals surface area contributed by atoms with Gasteiger partial charge in [0.15, 0.2) is 5.78 Å². The number of aromatic nitrogens is 2. The molecule has 4 N–H and O–H groups in total. The fourth-order valence-corrected chi connectivity index (χ4v) is 5.97. The molecule has 3 saturated carbocycles. The first-order valence-electron chi connectivity index (χ1n) is 11.6. The number of nitrogens with one attached hydrogen (secondary N) is 1. The van der Waals surface area contributed by atoms with E-state index in [9.17, 15) is 14.7 Å². The smallest absolute Gasteiger partial charge is 0.250 e. The number of aliphatic hydroxyl groups is 1. The quantitative estimate of drug-likeness (QED) is 0.677. The minimum atomic E-state index is -0.525. The van der Waals surface area contributed by atoms with Gasteiger partial charge in [0.25, 0.3) is 5.91 Å². The van der Waals surface area contributed by atoms with Gasteiger partial charge in [-0.3, -0.25) is 9.59 Å². The van der Waals surface area contributed by atoms with E-state index >= 15 is 0 Å². The highest BCUT2D eigenvalue weighted by atomic mass is 16.3. The zero-order valence-corrected chi connectivity index (χ0v) is 19.1. The normalized spacial score (nSPS) is 28.4. The van der Waals surface area contributed by atoms with Gasteiger partial charge in [-0.1, -0.05) is 13.8 Å². The second-order valence-corrected chi connectivity index (χ2v) is 11.0. The number of carbonyl (C=O) groups excluding carboxylic acids is 2. The van der Waals surface area contributed by atoms with E-state index in [-0.39, 0.29) is 16.7 Å². The summed E-state index contributed by atoms with van der Waals surface area (Å²) in [7, 11) is 0. The molecule has 7 heteroatoms. The largest absolute Gasteiger partial charge is 0.390 e. The lowest BCUT2D eigenvalue weighted by atomic mass is 9.63. The summed E-state index contributed by atoms with van der Waals surface area (Å²) in [6, 6.07) is 5.53. The molecule has 0 saturated heterocycles. The van der Waals surface area contributed by atoms with Crippen LogP contribution in [0.1, 0.15) is 90.9 Å². The van der Waals surface area contributed by atoms with Gasteiger partial charge >= 0.3 is 0 Å². The van der Waals surface area contributed by atoms with Crippen LogP contribution in [-0.2, 0) is 6.42 Å². The number of fused-ring (bicyclic) bond motifs is 4. The molecule has 1 aromatic heterocycles. The Morgan fingerprint density at radius 2 is 1.78 bits per heavy atom. The number of ketones is 1. The highest BCUT2D eigenvalue weighted by molar-refractivity contribution is 6.00. The summed E-state index contributed by atoms with van der Waals surface area (Å²) in [5.74, 6) is -0.337. The topological polar surface area (TPSA) is 110 Å². The summed E-state index contributed by atoms with van der Waals surface area (Å²) < 4.78 is 1.86. The summed E-state index contributed by atoms with van der Waals surface area (Å²) >= 11 is 0. The molecule has 4 aliphatic rings. The molecule has 4 aliphatic carbocycles. The average Bonchev–Trinajstić information content (AvgIpc) is 3.04. The molecule has 0 unspecified atom stereocenters. The average molecular weight is 437 g/mol. The van der Waals surface area contributed by atoms with E-state index in [1.165, 1.54) is 0 Å². The SMILES string of the molecule is Cc1nn(-c2ccc(C(N)=O)c(NC34CCC(O)(CC3)CC4)c2)c2c1C(=O)CC(C)(C)C2. The van der Waals surface area contributed by atoms with E-state index in [4.69, 9.17) is 10.8 Å². The lowest BCUT2D eigenvalue weighted by Gasteiger charge is -2.51. The predicted molar refractivity (Wildman–Crippen MR) is 122 cm³/mol. The molecular weight excluding hydrogens is 404 g/mol. The van der Waals surface area contributed by atoms with Crippen LogP contribution in [-0.4, -0.2) is 37.7 Å². The van der Waals surface area contributed by atoms with Gasteiger partial charge in [0.2, 0.25) is 0 Å². The van der Waals surface area contributed by atoms with Gasteiger partial charge in [-0.25, -0.2) is 4.68 Å². The highest BCUT2D eigenvalue weighted by Gasteiger charge is 2.48. The van der Waals surface area contributed by atoms with Gasteiger partial charge in [-0.2, -0.15) is 5.10 Å². The Balaban J connectivity index is 1.56. The van der Waals surface area contributed by atoms with Crippen LogP contribution in [0.15, 0.2) is 18.2 Å². The Hall–Kier alpha value is -2.67. The molecule has 0 spiro atoms. The molecule has 1 heterocycles. The molecule has 0 radical (unpaired) electrons. The number of benzene rings is 1. The van der Waals surface area contributed by atoms with Gasteiger partial charge in [0, 0.05) is 17.6 Å². The van der Waals surface area contributed by atoms with E-state index in [0.717, 1.165) is 67.6 Å². The molecule has 6 rings (SSSR count). The number of primary amides is 1. The van der Waals surface area contributed by atoms with Crippen LogP contribution in [0, 0.1) is 12.3 Å². The van der Waals surface area contributed by atoms with E-state index in [2.05, 4.69) is 19.2 Å². The number of nitrogens with zero attached hydrogens (tertiary/aromatic N) is 2. The lowest BCUT2D eigenvalue weighted by molar-refractivity contribution is -0.0580. The molecular formula is C25H32N4O3. The maximum atomic E-state index is 12.8. The Kier molecular flexibility index (Phi) is 4.58. The van der Waals surface area contributed by atoms with Crippen LogP contribution < -0.4 is 11.1 Å². The maximum absolute atomic E-state index is 12.8. The zero-order chi connectivity index (χ0) is 22.9. The summed E-state index contributed by atoms with van der Waals surface area (Å²) in [6.45, 7) is 6.10. The standard InChI is InChI=1S/C25H32N4O3/c1-15-21-19(13-23(2,3)14-20(21)30)29(28-15)16-4-5-17(22(26)31)18(12-16)27-24-6-9-25(32,10-7-24)11-8-24/h4-5,12,27,32H,6-11,13-14H2,1-3H3,(H2,26,31). The fourth-order valence-electron chi connectivity index (χ4n) is 5.97. The van der Waals surface area contributed by atoms with Crippen LogP contribution in [0.25, 0.3) is 5.69 Å². The monoisotopic (exact) mass is 436 g/mol. The van der Waals surface area contributed by atoms with Crippen LogP contribution >= 0.6 is 0 Å². The highest BCUT2D eigenvalue weighted by Crippen LogP contribution is 2.48. The number of hydrogen-bond donors (Lipinski definition) is 3. The number of amides is 1. The van der Waals surface area contributed by atoms with Crippen molar-refractivity contribution in [1.82, 2.24) is 9.78 Å². The molecule has 2 aromatic rings. The Labute approximate surface area is 188 Å².